The fourth-order valence-electron chi connectivity index (χ4n) is 1.62. The normalized spacial score (nSPS) is 20.2. The SMILES string of the molecule is Clc1ccc(CSCC2CCCO2)c(Cl)n1. The van der Waals surface area contributed by atoms with Crippen molar-refractivity contribution in [2.24, 2.45) is 0 Å². The Labute approximate surface area is 110 Å². The predicted octanol–water partition coefficient (Wildman–Crippen LogP) is 3.80. The van der Waals surface area contributed by atoms with Gasteiger partial charge in [-0.2, -0.15) is 11.8 Å². The molecule has 0 aromatic carbocycles. The summed E-state index contributed by atoms with van der Waals surface area (Å²) in [5.41, 5.74) is 1.04. The third-order valence-corrected chi connectivity index (χ3v) is 4.14. The van der Waals surface area contributed by atoms with Crippen molar-refractivity contribution in [2.45, 2.75) is 24.7 Å². The highest BCUT2D eigenvalue weighted by Crippen LogP contribution is 2.24. The van der Waals surface area contributed by atoms with E-state index in [1.165, 1.54) is 12.8 Å². The van der Waals surface area contributed by atoms with Crippen LogP contribution in [-0.4, -0.2) is 23.4 Å². The van der Waals surface area contributed by atoms with E-state index >= 15 is 0 Å². The molecule has 2 nitrogen and oxygen atoms in total. The van der Waals surface area contributed by atoms with Gasteiger partial charge in [0.1, 0.15) is 10.3 Å². The maximum Gasteiger partial charge on any atom is 0.134 e. The van der Waals surface area contributed by atoms with Crippen molar-refractivity contribution in [2.75, 3.05) is 12.4 Å². The molecule has 0 radical (unpaired) electrons. The lowest BCUT2D eigenvalue weighted by Crippen LogP contribution is -2.08. The van der Waals surface area contributed by atoms with E-state index in [1.807, 2.05) is 17.8 Å². The first kappa shape index (κ1) is 12.5. The average molecular weight is 278 g/mol. The van der Waals surface area contributed by atoms with Gasteiger partial charge in [0.2, 0.25) is 0 Å². The van der Waals surface area contributed by atoms with Gasteiger partial charge in [-0.05, 0) is 24.5 Å². The summed E-state index contributed by atoms with van der Waals surface area (Å²) in [6.07, 6.45) is 2.79. The molecule has 5 heteroatoms. The fourth-order valence-corrected chi connectivity index (χ4v) is 3.21. The van der Waals surface area contributed by atoms with Crippen LogP contribution < -0.4 is 0 Å². The summed E-state index contributed by atoms with van der Waals surface area (Å²) in [4.78, 5) is 4.01. The molecule has 16 heavy (non-hydrogen) atoms. The van der Waals surface area contributed by atoms with Gasteiger partial charge in [-0.1, -0.05) is 29.3 Å². The van der Waals surface area contributed by atoms with Crippen LogP contribution in [0.15, 0.2) is 12.1 Å². The summed E-state index contributed by atoms with van der Waals surface area (Å²) in [5, 5.41) is 0.949. The smallest absolute Gasteiger partial charge is 0.134 e. The largest absolute Gasteiger partial charge is 0.377 e. The summed E-state index contributed by atoms with van der Waals surface area (Å²) < 4.78 is 5.55. The van der Waals surface area contributed by atoms with Crippen LogP contribution in [-0.2, 0) is 10.5 Å². The van der Waals surface area contributed by atoms with Gasteiger partial charge >= 0.3 is 0 Å². The molecule has 0 bridgehead atoms. The van der Waals surface area contributed by atoms with E-state index in [0.29, 0.717) is 16.4 Å². The van der Waals surface area contributed by atoms with Crippen molar-refractivity contribution in [1.82, 2.24) is 4.98 Å². The third kappa shape index (κ3) is 3.52. The molecule has 1 atom stereocenters. The van der Waals surface area contributed by atoms with Crippen molar-refractivity contribution in [3.63, 3.8) is 0 Å². The summed E-state index contributed by atoms with van der Waals surface area (Å²) in [6.45, 7) is 0.911. The zero-order chi connectivity index (χ0) is 11.4. The molecule has 1 aliphatic rings. The predicted molar refractivity (Wildman–Crippen MR) is 69.4 cm³/mol. The Morgan fingerprint density at radius 1 is 1.44 bits per heavy atom. The van der Waals surface area contributed by atoms with Gasteiger partial charge in [0.25, 0.3) is 0 Å². The van der Waals surface area contributed by atoms with Gasteiger partial charge in [0, 0.05) is 18.1 Å². The van der Waals surface area contributed by atoms with E-state index in [9.17, 15) is 0 Å². The number of rotatable bonds is 4. The first-order chi connectivity index (χ1) is 7.75. The van der Waals surface area contributed by atoms with Crippen LogP contribution in [0.2, 0.25) is 10.3 Å². The number of pyridine rings is 1. The Balaban J connectivity index is 1.80. The number of hydrogen-bond donors (Lipinski definition) is 0. The molecular weight excluding hydrogens is 265 g/mol. The monoisotopic (exact) mass is 277 g/mol. The Kier molecular flexibility index (Phi) is 4.77. The maximum absolute atomic E-state index is 5.98. The lowest BCUT2D eigenvalue weighted by Gasteiger charge is -2.09. The second-order valence-electron chi connectivity index (χ2n) is 3.73. The minimum Gasteiger partial charge on any atom is -0.377 e. The molecule has 2 rings (SSSR count). The number of aromatic nitrogens is 1. The first-order valence-corrected chi connectivity index (χ1v) is 7.17. The van der Waals surface area contributed by atoms with E-state index < -0.39 is 0 Å². The van der Waals surface area contributed by atoms with Crippen molar-refractivity contribution in [1.29, 1.82) is 0 Å². The van der Waals surface area contributed by atoms with Crippen molar-refractivity contribution < 1.29 is 4.74 Å². The second-order valence-corrected chi connectivity index (χ2v) is 5.51. The van der Waals surface area contributed by atoms with Crippen LogP contribution in [0.1, 0.15) is 18.4 Å². The average Bonchev–Trinajstić information content (AvgIpc) is 2.74. The zero-order valence-electron chi connectivity index (χ0n) is 8.79. The number of ether oxygens (including phenoxy) is 1. The molecule has 0 aliphatic carbocycles. The van der Waals surface area contributed by atoms with Crippen LogP contribution in [0.4, 0.5) is 0 Å². The minimum atomic E-state index is 0.420. The van der Waals surface area contributed by atoms with Gasteiger partial charge in [-0.25, -0.2) is 4.98 Å². The fraction of sp³-hybridized carbons (Fsp3) is 0.545. The highest BCUT2D eigenvalue weighted by molar-refractivity contribution is 7.98. The molecule has 0 spiro atoms. The molecular formula is C11H13Cl2NOS. The summed E-state index contributed by atoms with van der Waals surface area (Å²) in [7, 11) is 0. The molecule has 1 saturated heterocycles. The molecule has 1 aromatic rings. The Bertz CT molecular complexity index is 356. The van der Waals surface area contributed by atoms with Gasteiger partial charge < -0.3 is 4.74 Å². The molecule has 1 aliphatic heterocycles. The lowest BCUT2D eigenvalue weighted by atomic mass is 10.3. The summed E-state index contributed by atoms with van der Waals surface area (Å²) >= 11 is 13.5. The number of halogens is 2. The molecule has 1 unspecified atom stereocenters. The van der Waals surface area contributed by atoms with E-state index in [4.69, 9.17) is 27.9 Å². The minimum absolute atomic E-state index is 0.420. The van der Waals surface area contributed by atoms with E-state index in [1.54, 1.807) is 6.07 Å². The Hall–Kier alpha value is 0.0400. The van der Waals surface area contributed by atoms with E-state index in [2.05, 4.69) is 4.98 Å². The van der Waals surface area contributed by atoms with E-state index in [0.717, 1.165) is 23.7 Å². The standard InChI is InChI=1S/C11H13Cl2NOS/c12-10-4-3-8(11(13)14-10)6-16-7-9-2-1-5-15-9/h3-4,9H,1-2,5-7H2. The topological polar surface area (TPSA) is 22.1 Å². The highest BCUT2D eigenvalue weighted by atomic mass is 35.5. The van der Waals surface area contributed by atoms with Gasteiger partial charge in [0.15, 0.2) is 0 Å². The third-order valence-electron chi connectivity index (χ3n) is 2.48. The van der Waals surface area contributed by atoms with Crippen molar-refractivity contribution >= 4 is 35.0 Å². The molecule has 0 N–H and O–H groups in total. The Morgan fingerprint density at radius 3 is 3.00 bits per heavy atom. The zero-order valence-corrected chi connectivity index (χ0v) is 11.1. The number of thioether (sulfide) groups is 1. The van der Waals surface area contributed by atoms with Crippen molar-refractivity contribution in [3.8, 4) is 0 Å². The summed E-state index contributed by atoms with van der Waals surface area (Å²) in [5.74, 6) is 1.89. The van der Waals surface area contributed by atoms with Crippen LogP contribution in [0, 0.1) is 0 Å². The quantitative estimate of drug-likeness (QED) is 0.782. The van der Waals surface area contributed by atoms with E-state index in [-0.39, 0.29) is 0 Å². The van der Waals surface area contributed by atoms with Crippen LogP contribution in [0.3, 0.4) is 0 Å². The highest BCUT2D eigenvalue weighted by Gasteiger charge is 2.15. The van der Waals surface area contributed by atoms with Crippen molar-refractivity contribution in [3.05, 3.63) is 28.0 Å². The van der Waals surface area contributed by atoms with Gasteiger partial charge in [-0.15, -0.1) is 0 Å². The Morgan fingerprint density at radius 2 is 2.31 bits per heavy atom. The molecule has 2 heterocycles. The van der Waals surface area contributed by atoms with Crippen LogP contribution in [0.25, 0.3) is 0 Å². The molecule has 88 valence electrons. The van der Waals surface area contributed by atoms with Gasteiger partial charge in [0.05, 0.1) is 6.10 Å². The maximum atomic E-state index is 5.98. The molecule has 1 aromatic heterocycles. The first-order valence-electron chi connectivity index (χ1n) is 5.26. The van der Waals surface area contributed by atoms with Gasteiger partial charge in [-0.3, -0.25) is 0 Å². The molecule has 0 amide bonds. The second kappa shape index (κ2) is 6.10. The van der Waals surface area contributed by atoms with Crippen LogP contribution >= 0.6 is 35.0 Å². The molecule has 0 saturated carbocycles. The van der Waals surface area contributed by atoms with Crippen LogP contribution in [0.5, 0.6) is 0 Å². The number of nitrogens with zero attached hydrogens (tertiary/aromatic N) is 1. The molecule has 1 fully saturated rings. The summed E-state index contributed by atoms with van der Waals surface area (Å²) in [6, 6.07) is 3.70. The lowest BCUT2D eigenvalue weighted by molar-refractivity contribution is 0.129. The number of hydrogen-bond acceptors (Lipinski definition) is 3.